The molecule has 1 N–H and O–H groups in total. The number of nitrogens with one attached hydrogen (secondary N) is 1. The van der Waals surface area contributed by atoms with Crippen molar-refractivity contribution in [1.29, 1.82) is 0 Å². The van der Waals surface area contributed by atoms with Crippen LogP contribution in [0.25, 0.3) is 0 Å². The minimum Gasteiger partial charge on any atom is -0.360 e. The second kappa shape index (κ2) is 6.67. The van der Waals surface area contributed by atoms with Gasteiger partial charge in [-0.05, 0) is 49.4 Å². The Hall–Kier alpha value is -3.35. The van der Waals surface area contributed by atoms with Crippen LogP contribution in [0.4, 0.5) is 24.5 Å². The van der Waals surface area contributed by atoms with E-state index in [0.29, 0.717) is 16.9 Å². The van der Waals surface area contributed by atoms with Crippen LogP contribution in [0.3, 0.4) is 0 Å². The molecule has 1 aliphatic heterocycles. The molecule has 1 atom stereocenters. The summed E-state index contributed by atoms with van der Waals surface area (Å²) in [4.78, 5) is 18.8. The molecule has 28 heavy (non-hydrogen) atoms. The molecular formula is C21H16F3N3O. The molecule has 4 nitrogen and oxygen atoms in total. The summed E-state index contributed by atoms with van der Waals surface area (Å²) in [5.74, 6) is -0.253. The SMILES string of the molecule is Cc1ccc(N2C(=O)c3cccnc3C2Nc2cccc(C(F)(F)F)c2)cc1. The molecular weight excluding hydrogens is 367 g/mol. The van der Waals surface area contributed by atoms with E-state index in [2.05, 4.69) is 10.3 Å². The van der Waals surface area contributed by atoms with Crippen molar-refractivity contribution in [3.63, 3.8) is 0 Å². The van der Waals surface area contributed by atoms with E-state index in [4.69, 9.17) is 0 Å². The van der Waals surface area contributed by atoms with E-state index >= 15 is 0 Å². The van der Waals surface area contributed by atoms with Crippen molar-refractivity contribution in [1.82, 2.24) is 4.98 Å². The van der Waals surface area contributed by atoms with Crippen molar-refractivity contribution < 1.29 is 18.0 Å². The predicted molar refractivity (Wildman–Crippen MR) is 100 cm³/mol. The summed E-state index contributed by atoms with van der Waals surface area (Å²) in [5.41, 5.74) is 2.07. The lowest BCUT2D eigenvalue weighted by atomic mass is 10.1. The van der Waals surface area contributed by atoms with Gasteiger partial charge in [-0.1, -0.05) is 23.8 Å². The lowest BCUT2D eigenvalue weighted by molar-refractivity contribution is -0.137. The van der Waals surface area contributed by atoms with E-state index < -0.39 is 17.9 Å². The van der Waals surface area contributed by atoms with Gasteiger partial charge in [-0.2, -0.15) is 13.2 Å². The normalized spacial score (nSPS) is 16.2. The highest BCUT2D eigenvalue weighted by Crippen LogP contribution is 2.38. The Balaban J connectivity index is 1.76. The molecule has 1 aromatic heterocycles. The molecule has 0 saturated heterocycles. The smallest absolute Gasteiger partial charge is 0.360 e. The number of carbonyl (C=O) groups excluding carboxylic acids is 1. The fraction of sp³-hybridized carbons (Fsp3) is 0.143. The number of alkyl halides is 3. The lowest BCUT2D eigenvalue weighted by Crippen LogP contribution is -2.32. The van der Waals surface area contributed by atoms with Crippen LogP contribution in [0.15, 0.2) is 66.9 Å². The predicted octanol–water partition coefficient (Wildman–Crippen LogP) is 5.18. The third-order valence-electron chi connectivity index (χ3n) is 4.61. The van der Waals surface area contributed by atoms with Gasteiger partial charge in [0.25, 0.3) is 5.91 Å². The molecule has 0 aliphatic carbocycles. The van der Waals surface area contributed by atoms with Crippen LogP contribution in [0.1, 0.15) is 33.3 Å². The standard InChI is InChI=1S/C21H16F3N3O/c1-13-7-9-16(10-8-13)27-19(18-17(20(27)28)6-3-11-25-18)26-15-5-2-4-14(12-15)21(22,23)24/h2-12,19,26H,1H3. The number of benzene rings is 2. The molecule has 0 bridgehead atoms. The van der Waals surface area contributed by atoms with E-state index in [1.54, 1.807) is 30.5 Å². The van der Waals surface area contributed by atoms with E-state index in [9.17, 15) is 18.0 Å². The maximum atomic E-state index is 13.1. The van der Waals surface area contributed by atoms with Gasteiger partial charge in [-0.15, -0.1) is 0 Å². The summed E-state index contributed by atoms with van der Waals surface area (Å²) < 4.78 is 39.2. The fourth-order valence-electron chi connectivity index (χ4n) is 3.23. The van der Waals surface area contributed by atoms with E-state index in [0.717, 1.165) is 17.7 Å². The van der Waals surface area contributed by atoms with Crippen molar-refractivity contribution in [2.75, 3.05) is 10.2 Å². The Morgan fingerprint density at radius 1 is 1.04 bits per heavy atom. The Morgan fingerprint density at radius 2 is 1.79 bits per heavy atom. The summed E-state index contributed by atoms with van der Waals surface area (Å²) in [7, 11) is 0. The van der Waals surface area contributed by atoms with Crippen LogP contribution in [-0.4, -0.2) is 10.9 Å². The molecule has 2 aromatic carbocycles. The van der Waals surface area contributed by atoms with Gasteiger partial charge in [0.2, 0.25) is 0 Å². The summed E-state index contributed by atoms with van der Waals surface area (Å²) in [6.45, 7) is 1.93. The zero-order chi connectivity index (χ0) is 19.9. The Labute approximate surface area is 159 Å². The highest BCUT2D eigenvalue weighted by Gasteiger charge is 2.39. The highest BCUT2D eigenvalue weighted by molar-refractivity contribution is 6.11. The molecule has 3 aromatic rings. The number of halogens is 3. The number of aromatic nitrogens is 1. The minimum absolute atomic E-state index is 0.253. The Bertz CT molecular complexity index is 1030. The topological polar surface area (TPSA) is 45.2 Å². The van der Waals surface area contributed by atoms with Gasteiger partial charge >= 0.3 is 6.18 Å². The zero-order valence-electron chi connectivity index (χ0n) is 14.9. The summed E-state index contributed by atoms with van der Waals surface area (Å²) in [6, 6.07) is 15.6. The first kappa shape index (κ1) is 18.0. The molecule has 142 valence electrons. The first-order chi connectivity index (χ1) is 13.3. The Morgan fingerprint density at radius 3 is 2.50 bits per heavy atom. The highest BCUT2D eigenvalue weighted by atomic mass is 19.4. The second-order valence-electron chi connectivity index (χ2n) is 6.57. The van der Waals surface area contributed by atoms with Gasteiger partial charge in [-0.25, -0.2) is 0 Å². The van der Waals surface area contributed by atoms with Gasteiger partial charge in [0.1, 0.15) is 0 Å². The third-order valence-corrected chi connectivity index (χ3v) is 4.61. The lowest BCUT2D eigenvalue weighted by Gasteiger charge is -2.27. The van der Waals surface area contributed by atoms with Crippen molar-refractivity contribution in [2.45, 2.75) is 19.3 Å². The third kappa shape index (κ3) is 3.19. The number of nitrogens with zero attached hydrogens (tertiary/aromatic N) is 2. The number of amides is 1. The molecule has 0 fully saturated rings. The number of rotatable bonds is 3. The van der Waals surface area contributed by atoms with Crippen LogP contribution in [0.2, 0.25) is 0 Å². The number of hydrogen-bond donors (Lipinski definition) is 1. The van der Waals surface area contributed by atoms with Gasteiger partial charge in [0.15, 0.2) is 6.17 Å². The van der Waals surface area contributed by atoms with Crippen LogP contribution in [0, 0.1) is 6.92 Å². The van der Waals surface area contributed by atoms with Crippen LogP contribution >= 0.6 is 0 Å². The van der Waals surface area contributed by atoms with Crippen molar-refractivity contribution in [3.05, 3.63) is 89.2 Å². The molecule has 7 heteroatoms. The number of pyridine rings is 1. The number of aryl methyl sites for hydroxylation is 1. The summed E-state index contributed by atoms with van der Waals surface area (Å²) in [5, 5.41) is 3.05. The largest absolute Gasteiger partial charge is 0.416 e. The molecule has 1 amide bonds. The van der Waals surface area contributed by atoms with Crippen LogP contribution in [-0.2, 0) is 6.18 Å². The first-order valence-corrected chi connectivity index (χ1v) is 8.63. The number of carbonyl (C=O) groups is 1. The van der Waals surface area contributed by atoms with E-state index in [1.165, 1.54) is 17.0 Å². The molecule has 0 spiro atoms. The van der Waals surface area contributed by atoms with Crippen LogP contribution < -0.4 is 10.2 Å². The number of hydrogen-bond acceptors (Lipinski definition) is 3. The zero-order valence-corrected chi connectivity index (χ0v) is 14.9. The van der Waals surface area contributed by atoms with Crippen molar-refractivity contribution in [3.8, 4) is 0 Å². The molecule has 2 heterocycles. The fourth-order valence-corrected chi connectivity index (χ4v) is 3.23. The van der Waals surface area contributed by atoms with Gasteiger partial charge in [-0.3, -0.25) is 14.7 Å². The summed E-state index contributed by atoms with van der Waals surface area (Å²) >= 11 is 0. The molecule has 4 rings (SSSR count). The number of fused-ring (bicyclic) bond motifs is 1. The van der Waals surface area contributed by atoms with Crippen LogP contribution in [0.5, 0.6) is 0 Å². The van der Waals surface area contributed by atoms with Crippen molar-refractivity contribution in [2.24, 2.45) is 0 Å². The maximum absolute atomic E-state index is 13.1. The molecule has 0 radical (unpaired) electrons. The van der Waals surface area contributed by atoms with Gasteiger partial charge in [0, 0.05) is 17.6 Å². The molecule has 0 saturated carbocycles. The quantitative estimate of drug-likeness (QED) is 0.678. The average Bonchev–Trinajstić information content (AvgIpc) is 2.94. The Kier molecular flexibility index (Phi) is 4.30. The second-order valence-corrected chi connectivity index (χ2v) is 6.57. The average molecular weight is 383 g/mol. The molecule has 1 unspecified atom stereocenters. The minimum atomic E-state index is -4.45. The van der Waals surface area contributed by atoms with E-state index in [1.807, 2.05) is 19.1 Å². The van der Waals surface area contributed by atoms with Gasteiger partial charge in [0.05, 0.1) is 16.8 Å². The monoisotopic (exact) mass is 383 g/mol. The summed E-state index contributed by atoms with van der Waals surface area (Å²) in [6.07, 6.45) is -3.60. The maximum Gasteiger partial charge on any atom is 0.416 e. The van der Waals surface area contributed by atoms with E-state index in [-0.39, 0.29) is 11.6 Å². The first-order valence-electron chi connectivity index (χ1n) is 8.63. The number of anilines is 2. The van der Waals surface area contributed by atoms with Gasteiger partial charge < -0.3 is 5.32 Å². The molecule has 1 aliphatic rings. The van der Waals surface area contributed by atoms with Crippen molar-refractivity contribution >= 4 is 17.3 Å².